The minimum Gasteiger partial charge on any atom is -0.384 e. The van der Waals surface area contributed by atoms with Gasteiger partial charge in [-0.05, 0) is 12.1 Å². The first-order valence-electron chi connectivity index (χ1n) is 4.77. The molecule has 0 aromatic carbocycles. The minimum atomic E-state index is 0.0192. The number of carbonyl (C=O) groups is 1. The van der Waals surface area contributed by atoms with E-state index in [0.29, 0.717) is 18.8 Å². The molecule has 0 saturated carbocycles. The first-order valence-corrected chi connectivity index (χ1v) is 4.77. The highest BCUT2D eigenvalue weighted by molar-refractivity contribution is 5.76. The number of amides is 1. The molecule has 5 nitrogen and oxygen atoms in total. The molecule has 82 valence electrons. The van der Waals surface area contributed by atoms with Crippen LogP contribution in [0.3, 0.4) is 0 Å². The normalized spacial score (nSPS) is 9.73. The fourth-order valence-electron chi connectivity index (χ4n) is 1.16. The van der Waals surface area contributed by atoms with Gasteiger partial charge in [0, 0.05) is 27.1 Å². The minimum absolute atomic E-state index is 0.0192. The summed E-state index contributed by atoms with van der Waals surface area (Å²) in [7, 11) is 3.51. The van der Waals surface area contributed by atoms with Crippen molar-refractivity contribution in [3.05, 3.63) is 18.2 Å². The van der Waals surface area contributed by atoms with Crippen LogP contribution in [0.15, 0.2) is 18.2 Å². The number of rotatable bonds is 4. The van der Waals surface area contributed by atoms with Gasteiger partial charge in [0.2, 0.25) is 5.91 Å². The monoisotopic (exact) mass is 208 g/mol. The maximum atomic E-state index is 11.0. The molecule has 0 radical (unpaired) electrons. The van der Waals surface area contributed by atoms with E-state index >= 15 is 0 Å². The quantitative estimate of drug-likeness (QED) is 0.743. The predicted molar refractivity (Wildman–Crippen MR) is 60.6 cm³/mol. The second kappa shape index (κ2) is 5.19. The number of hydrogen-bond donors (Lipinski definition) is 2. The molecule has 0 unspecified atom stereocenters. The lowest BCUT2D eigenvalue weighted by molar-refractivity contribution is -0.120. The molecule has 0 fully saturated rings. The second-order valence-electron chi connectivity index (χ2n) is 3.27. The Morgan fingerprint density at radius 2 is 2.33 bits per heavy atom. The number of nitrogens with two attached hydrogens (primary N) is 1. The number of nitrogens with one attached hydrogen (secondary N) is 1. The first kappa shape index (κ1) is 11.3. The number of nitrogens with zero attached hydrogens (tertiary/aromatic N) is 2. The molecule has 0 aliphatic carbocycles. The van der Waals surface area contributed by atoms with Crippen molar-refractivity contribution in [1.29, 1.82) is 0 Å². The average Bonchev–Trinajstić information content (AvgIpc) is 2.25. The van der Waals surface area contributed by atoms with E-state index in [1.54, 1.807) is 13.1 Å². The molecule has 15 heavy (non-hydrogen) atoms. The van der Waals surface area contributed by atoms with Crippen LogP contribution >= 0.6 is 0 Å². The number of hydrogen-bond acceptors (Lipinski definition) is 4. The topological polar surface area (TPSA) is 71.2 Å². The summed E-state index contributed by atoms with van der Waals surface area (Å²) in [4.78, 5) is 17.1. The SMILES string of the molecule is CNC(=O)CCN(C)c1cccc(N)n1. The molecule has 1 amide bonds. The molecule has 1 aromatic rings. The zero-order valence-electron chi connectivity index (χ0n) is 9.03. The van der Waals surface area contributed by atoms with Gasteiger partial charge in [0.05, 0.1) is 0 Å². The molecule has 0 saturated heterocycles. The van der Waals surface area contributed by atoms with E-state index < -0.39 is 0 Å². The lowest BCUT2D eigenvalue weighted by Gasteiger charge is -2.17. The number of anilines is 2. The second-order valence-corrected chi connectivity index (χ2v) is 3.27. The average molecular weight is 208 g/mol. The molecular weight excluding hydrogens is 192 g/mol. The summed E-state index contributed by atoms with van der Waals surface area (Å²) < 4.78 is 0. The van der Waals surface area contributed by atoms with Gasteiger partial charge in [0.25, 0.3) is 0 Å². The molecule has 0 aliphatic heterocycles. The van der Waals surface area contributed by atoms with E-state index in [4.69, 9.17) is 5.73 Å². The molecule has 0 bridgehead atoms. The molecule has 5 heteroatoms. The summed E-state index contributed by atoms with van der Waals surface area (Å²) >= 11 is 0. The van der Waals surface area contributed by atoms with Crippen molar-refractivity contribution in [1.82, 2.24) is 10.3 Å². The van der Waals surface area contributed by atoms with Crippen molar-refractivity contribution in [2.24, 2.45) is 0 Å². The van der Waals surface area contributed by atoms with Gasteiger partial charge in [0.15, 0.2) is 0 Å². The Morgan fingerprint density at radius 3 is 2.93 bits per heavy atom. The first-order chi connectivity index (χ1) is 7.13. The summed E-state index contributed by atoms with van der Waals surface area (Å²) in [6, 6.07) is 5.43. The van der Waals surface area contributed by atoms with Crippen LogP contribution in [0, 0.1) is 0 Å². The van der Waals surface area contributed by atoms with Gasteiger partial charge in [0.1, 0.15) is 11.6 Å². The third-order valence-electron chi connectivity index (χ3n) is 2.10. The largest absolute Gasteiger partial charge is 0.384 e. The number of carbonyl (C=O) groups excluding carboxylic acids is 1. The highest BCUT2D eigenvalue weighted by atomic mass is 16.1. The van der Waals surface area contributed by atoms with Crippen LogP contribution in [0.2, 0.25) is 0 Å². The van der Waals surface area contributed by atoms with Crippen LogP contribution in [0.1, 0.15) is 6.42 Å². The van der Waals surface area contributed by atoms with Gasteiger partial charge >= 0.3 is 0 Å². The molecule has 0 spiro atoms. The third kappa shape index (κ3) is 3.46. The van der Waals surface area contributed by atoms with Crippen LogP contribution in [0.4, 0.5) is 11.6 Å². The van der Waals surface area contributed by atoms with E-state index in [-0.39, 0.29) is 5.91 Å². The van der Waals surface area contributed by atoms with Crippen LogP contribution in [-0.2, 0) is 4.79 Å². The van der Waals surface area contributed by atoms with E-state index in [2.05, 4.69) is 10.3 Å². The van der Waals surface area contributed by atoms with Gasteiger partial charge in [-0.3, -0.25) is 4.79 Å². The van der Waals surface area contributed by atoms with E-state index in [1.807, 2.05) is 24.1 Å². The standard InChI is InChI=1S/C10H16N4O/c1-12-10(15)6-7-14(2)9-5-3-4-8(11)13-9/h3-5H,6-7H2,1-2H3,(H2,11,13)(H,12,15). The Kier molecular flexibility index (Phi) is 3.91. The number of pyridine rings is 1. The maximum Gasteiger partial charge on any atom is 0.221 e. The van der Waals surface area contributed by atoms with E-state index in [1.165, 1.54) is 0 Å². The summed E-state index contributed by atoms with van der Waals surface area (Å²) in [5, 5.41) is 2.57. The fourth-order valence-corrected chi connectivity index (χ4v) is 1.16. The molecule has 1 aromatic heterocycles. The van der Waals surface area contributed by atoms with Crippen molar-refractivity contribution in [3.8, 4) is 0 Å². The highest BCUT2D eigenvalue weighted by Crippen LogP contribution is 2.10. The zero-order chi connectivity index (χ0) is 11.3. The maximum absolute atomic E-state index is 11.0. The lowest BCUT2D eigenvalue weighted by Crippen LogP contribution is -2.26. The molecule has 0 aliphatic rings. The van der Waals surface area contributed by atoms with Crippen molar-refractivity contribution >= 4 is 17.5 Å². The third-order valence-corrected chi connectivity index (χ3v) is 2.10. The van der Waals surface area contributed by atoms with Gasteiger partial charge < -0.3 is 16.0 Å². The van der Waals surface area contributed by atoms with E-state index in [9.17, 15) is 4.79 Å². The Labute approximate surface area is 89.3 Å². The fraction of sp³-hybridized carbons (Fsp3) is 0.400. The van der Waals surface area contributed by atoms with Crippen LogP contribution in [-0.4, -0.2) is 31.5 Å². The molecular formula is C10H16N4O. The Hall–Kier alpha value is -1.78. The van der Waals surface area contributed by atoms with Crippen LogP contribution in [0.25, 0.3) is 0 Å². The molecule has 0 atom stereocenters. The van der Waals surface area contributed by atoms with Crippen molar-refractivity contribution in [3.63, 3.8) is 0 Å². The summed E-state index contributed by atoms with van der Waals surface area (Å²) in [5.74, 6) is 1.28. The van der Waals surface area contributed by atoms with Crippen LogP contribution in [0.5, 0.6) is 0 Å². The summed E-state index contributed by atoms with van der Waals surface area (Å²) in [6.45, 7) is 0.621. The van der Waals surface area contributed by atoms with Gasteiger partial charge in [-0.1, -0.05) is 6.07 Å². The zero-order valence-corrected chi connectivity index (χ0v) is 9.03. The molecule has 3 N–H and O–H groups in total. The van der Waals surface area contributed by atoms with Gasteiger partial charge in [-0.2, -0.15) is 0 Å². The Bertz CT molecular complexity index is 340. The highest BCUT2D eigenvalue weighted by Gasteiger charge is 2.04. The van der Waals surface area contributed by atoms with Gasteiger partial charge in [-0.25, -0.2) is 4.98 Å². The van der Waals surface area contributed by atoms with Crippen molar-refractivity contribution < 1.29 is 4.79 Å². The summed E-state index contributed by atoms with van der Waals surface area (Å²) in [5.41, 5.74) is 5.56. The van der Waals surface area contributed by atoms with E-state index in [0.717, 1.165) is 5.82 Å². The Morgan fingerprint density at radius 1 is 1.60 bits per heavy atom. The number of aromatic nitrogens is 1. The predicted octanol–water partition coefficient (Wildman–Crippen LogP) is 0.236. The lowest BCUT2D eigenvalue weighted by atomic mass is 10.3. The van der Waals surface area contributed by atoms with Crippen molar-refractivity contribution in [2.75, 3.05) is 31.3 Å². The van der Waals surface area contributed by atoms with Gasteiger partial charge in [-0.15, -0.1) is 0 Å². The molecule has 1 heterocycles. The number of nitrogen functional groups attached to an aromatic ring is 1. The molecule has 1 rings (SSSR count). The van der Waals surface area contributed by atoms with Crippen LogP contribution < -0.4 is 16.0 Å². The smallest absolute Gasteiger partial charge is 0.221 e. The Balaban J connectivity index is 2.53. The summed E-state index contributed by atoms with van der Waals surface area (Å²) in [6.07, 6.45) is 0.448. The van der Waals surface area contributed by atoms with Crippen molar-refractivity contribution in [2.45, 2.75) is 6.42 Å².